The molecule has 2 aromatic rings. The van der Waals surface area contributed by atoms with Crippen molar-refractivity contribution in [3.05, 3.63) is 53.8 Å². The van der Waals surface area contributed by atoms with Gasteiger partial charge in [0.25, 0.3) is 0 Å². The van der Waals surface area contributed by atoms with E-state index in [4.69, 9.17) is 0 Å². The molecule has 0 aromatic heterocycles. The van der Waals surface area contributed by atoms with Gasteiger partial charge in [-0.05, 0) is 41.5 Å². The van der Waals surface area contributed by atoms with Crippen LogP contribution >= 0.6 is 0 Å². The number of hydrogen-bond acceptors (Lipinski definition) is 2. The molecule has 7 heteroatoms. The fraction of sp³-hybridized carbons (Fsp3) is 0.143. The van der Waals surface area contributed by atoms with Crippen LogP contribution in [-0.4, -0.2) is 14.7 Å². The average molecular weight is 317 g/mol. The van der Waals surface area contributed by atoms with Crippen molar-refractivity contribution in [3.63, 3.8) is 0 Å². The highest BCUT2D eigenvalue weighted by molar-refractivity contribution is 7.90. The van der Waals surface area contributed by atoms with Gasteiger partial charge in [0.1, 0.15) is 5.82 Å². The molecule has 0 spiro atoms. The molecule has 0 N–H and O–H groups in total. The van der Waals surface area contributed by atoms with E-state index >= 15 is 0 Å². The van der Waals surface area contributed by atoms with Crippen LogP contribution < -0.4 is 0 Å². The molecule has 0 amide bonds. The van der Waals surface area contributed by atoms with Crippen molar-refractivity contribution in [2.45, 2.75) is 11.1 Å². The van der Waals surface area contributed by atoms with Crippen molar-refractivity contribution < 1.29 is 26.0 Å². The van der Waals surface area contributed by atoms with Gasteiger partial charge < -0.3 is 0 Å². The molecule has 0 heterocycles. The molecule has 0 saturated heterocycles. The van der Waals surface area contributed by atoms with Gasteiger partial charge in [-0.1, -0.05) is 12.1 Å². The van der Waals surface area contributed by atoms with Gasteiger partial charge in [0.05, 0.1) is 10.5 Å². The lowest BCUT2D eigenvalue weighted by atomic mass is 10.0. The first-order chi connectivity index (χ1) is 9.59. The minimum atomic E-state index is -4.83. The van der Waals surface area contributed by atoms with Crippen molar-refractivity contribution in [1.29, 1.82) is 0 Å². The van der Waals surface area contributed by atoms with Gasteiger partial charge in [0.15, 0.2) is 9.84 Å². The molecule has 0 unspecified atom stereocenters. The van der Waals surface area contributed by atoms with Crippen LogP contribution in [0.3, 0.4) is 0 Å². The van der Waals surface area contributed by atoms with E-state index in [1.54, 1.807) is 0 Å². The number of sulfone groups is 1. The summed E-state index contributed by atoms with van der Waals surface area (Å²) in [5.74, 6) is -0.621. The van der Waals surface area contributed by atoms with E-state index in [1.807, 2.05) is 0 Å². The zero-order valence-corrected chi connectivity index (χ0v) is 11.5. The Morgan fingerprint density at radius 2 is 1.76 bits per heavy atom. The fourth-order valence-electron chi connectivity index (χ4n) is 1.85. The van der Waals surface area contributed by atoms with E-state index in [0.717, 1.165) is 18.2 Å². The summed E-state index contributed by atoms with van der Waals surface area (Å²) in [6.45, 7) is 0. The van der Waals surface area contributed by atoms with Crippen molar-refractivity contribution in [1.82, 2.24) is 0 Å². The van der Waals surface area contributed by atoms with Crippen LogP contribution in [0.15, 0.2) is 41.3 Å². The van der Waals surface area contributed by atoms with Gasteiger partial charge in [0, 0.05) is 6.26 Å². The lowest BCUT2D eigenvalue weighted by molar-refractivity contribution is -0.139. The highest BCUT2D eigenvalue weighted by Crippen LogP contribution is 2.36. The van der Waals surface area contributed by atoms with E-state index < -0.39 is 32.3 Å². The zero-order valence-electron chi connectivity index (χ0n) is 10.7. The summed E-state index contributed by atoms with van der Waals surface area (Å²) < 4.78 is 75.0. The molecular weight excluding hydrogens is 308 g/mol. The molecule has 1 radical (unpaired) electrons. The molecule has 0 atom stereocenters. The summed E-state index contributed by atoms with van der Waals surface area (Å²) in [5, 5.41) is 0. The van der Waals surface area contributed by atoms with E-state index in [9.17, 15) is 26.0 Å². The summed E-state index contributed by atoms with van der Waals surface area (Å²) in [6, 6.07) is 8.72. The van der Waals surface area contributed by atoms with Crippen LogP contribution in [0, 0.1) is 11.9 Å². The number of rotatable bonds is 2. The predicted molar refractivity (Wildman–Crippen MR) is 68.8 cm³/mol. The maximum Gasteiger partial charge on any atom is 0.417 e. The summed E-state index contributed by atoms with van der Waals surface area (Å²) >= 11 is 0. The van der Waals surface area contributed by atoms with Crippen LogP contribution in [0.4, 0.5) is 17.6 Å². The third kappa shape index (κ3) is 3.41. The molecule has 2 rings (SSSR count). The Morgan fingerprint density at radius 3 is 2.29 bits per heavy atom. The van der Waals surface area contributed by atoms with Crippen molar-refractivity contribution in [2.24, 2.45) is 0 Å². The van der Waals surface area contributed by atoms with Crippen LogP contribution in [0.5, 0.6) is 0 Å². The fourth-order valence-corrected chi connectivity index (χ4v) is 2.74. The van der Waals surface area contributed by atoms with E-state index in [0.29, 0.717) is 12.3 Å². The largest absolute Gasteiger partial charge is 0.417 e. The van der Waals surface area contributed by atoms with Gasteiger partial charge in [-0.3, -0.25) is 0 Å². The molecule has 0 fully saturated rings. The first-order valence-electron chi connectivity index (χ1n) is 5.68. The van der Waals surface area contributed by atoms with Crippen LogP contribution in [0.2, 0.25) is 0 Å². The third-order valence-electron chi connectivity index (χ3n) is 2.76. The Kier molecular flexibility index (Phi) is 3.79. The molecule has 2 aromatic carbocycles. The standard InChI is InChI=1S/C14H9F4O2S/c1-21(19,20)13-6-5-10(8-12(13)14(16,17)18)9-3-2-4-11(15)7-9/h2,4-8H,1H3. The number of alkyl halides is 3. The van der Waals surface area contributed by atoms with Gasteiger partial charge >= 0.3 is 6.18 Å². The van der Waals surface area contributed by atoms with Gasteiger partial charge in [-0.25, -0.2) is 12.8 Å². The quantitative estimate of drug-likeness (QED) is 0.791. The third-order valence-corrected chi connectivity index (χ3v) is 3.91. The highest BCUT2D eigenvalue weighted by Gasteiger charge is 2.36. The lowest BCUT2D eigenvalue weighted by Gasteiger charge is -2.13. The normalized spacial score (nSPS) is 12.4. The van der Waals surface area contributed by atoms with E-state index in [1.165, 1.54) is 12.1 Å². The number of benzene rings is 2. The molecule has 111 valence electrons. The second-order valence-corrected chi connectivity index (χ2v) is 6.39. The maximum atomic E-state index is 13.1. The first kappa shape index (κ1) is 15.5. The average Bonchev–Trinajstić information content (AvgIpc) is 2.36. The summed E-state index contributed by atoms with van der Waals surface area (Å²) in [6.07, 6.45) is -4.13. The van der Waals surface area contributed by atoms with E-state index in [-0.39, 0.29) is 11.1 Å². The Bertz CT molecular complexity index is 780. The summed E-state index contributed by atoms with van der Waals surface area (Å²) in [5.41, 5.74) is -1.13. The number of halogens is 4. The number of hydrogen-bond donors (Lipinski definition) is 0. The minimum absolute atomic E-state index is 0.0363. The minimum Gasteiger partial charge on any atom is -0.224 e. The molecule has 0 aliphatic heterocycles. The molecule has 0 aliphatic rings. The highest BCUT2D eigenvalue weighted by atomic mass is 32.2. The first-order valence-corrected chi connectivity index (χ1v) is 7.57. The van der Waals surface area contributed by atoms with Crippen molar-refractivity contribution in [2.75, 3.05) is 6.26 Å². The Labute approximate surface area is 119 Å². The Balaban J connectivity index is 2.69. The molecule has 21 heavy (non-hydrogen) atoms. The second-order valence-electron chi connectivity index (χ2n) is 4.40. The van der Waals surface area contributed by atoms with Gasteiger partial charge in [0.2, 0.25) is 0 Å². The summed E-state index contributed by atoms with van der Waals surface area (Å²) in [4.78, 5) is -0.810. The predicted octanol–water partition coefficient (Wildman–Crippen LogP) is 3.72. The van der Waals surface area contributed by atoms with E-state index in [2.05, 4.69) is 6.07 Å². The Hall–Kier alpha value is -1.89. The lowest BCUT2D eigenvalue weighted by Crippen LogP contribution is -2.12. The SMILES string of the molecule is CS(=O)(=O)c1ccc(-c2[c]ccc(F)c2)cc1C(F)(F)F. The van der Waals surface area contributed by atoms with Gasteiger partial charge in [-0.2, -0.15) is 13.2 Å². The van der Waals surface area contributed by atoms with Crippen LogP contribution in [0.25, 0.3) is 11.1 Å². The van der Waals surface area contributed by atoms with Crippen LogP contribution in [-0.2, 0) is 16.0 Å². The zero-order chi connectivity index (χ0) is 15.8. The topological polar surface area (TPSA) is 34.1 Å². The molecular formula is C14H9F4O2S. The van der Waals surface area contributed by atoms with Crippen molar-refractivity contribution >= 4 is 9.84 Å². The molecule has 0 saturated carbocycles. The second kappa shape index (κ2) is 5.14. The maximum absolute atomic E-state index is 13.1. The Morgan fingerprint density at radius 1 is 1.10 bits per heavy atom. The summed E-state index contributed by atoms with van der Waals surface area (Å²) in [7, 11) is -4.03. The van der Waals surface area contributed by atoms with Crippen LogP contribution in [0.1, 0.15) is 5.56 Å². The monoisotopic (exact) mass is 317 g/mol. The molecule has 0 bridgehead atoms. The molecule has 2 nitrogen and oxygen atoms in total. The van der Waals surface area contributed by atoms with Gasteiger partial charge in [-0.15, -0.1) is 0 Å². The van der Waals surface area contributed by atoms with Crippen molar-refractivity contribution in [3.8, 4) is 11.1 Å². The molecule has 0 aliphatic carbocycles. The smallest absolute Gasteiger partial charge is 0.224 e.